The molecule has 156 valence electrons. The van der Waals surface area contributed by atoms with Crippen LogP contribution in [0.5, 0.6) is 11.5 Å². The number of hydrogen-bond donors (Lipinski definition) is 3. The molecule has 0 radical (unpaired) electrons. The molecule has 0 saturated carbocycles. The van der Waals surface area contributed by atoms with E-state index in [1.165, 1.54) is 0 Å². The van der Waals surface area contributed by atoms with Crippen LogP contribution in [0.2, 0.25) is 0 Å². The molecule has 2 rings (SSSR count). The van der Waals surface area contributed by atoms with Gasteiger partial charge in [-0.2, -0.15) is 0 Å². The molecule has 0 aliphatic heterocycles. The highest BCUT2D eigenvalue weighted by Gasteiger charge is 2.02. The summed E-state index contributed by atoms with van der Waals surface area (Å²) in [4.78, 5) is 15.8. The Morgan fingerprint density at radius 3 is 2.31 bits per heavy atom. The van der Waals surface area contributed by atoms with Crippen molar-refractivity contribution in [2.24, 2.45) is 4.99 Å². The van der Waals surface area contributed by atoms with Crippen LogP contribution in [-0.4, -0.2) is 39.2 Å². The fraction of sp³-hybridized carbons (Fsp3) is 0.364. The second kappa shape index (κ2) is 12.3. The lowest BCUT2D eigenvalue weighted by molar-refractivity contribution is -0.116. The molecular formula is C22H30N4O3. The Morgan fingerprint density at radius 1 is 1.00 bits per heavy atom. The first-order chi connectivity index (χ1) is 14.1. The van der Waals surface area contributed by atoms with Gasteiger partial charge in [0.1, 0.15) is 18.1 Å². The number of anilines is 1. The Balaban J connectivity index is 1.69. The van der Waals surface area contributed by atoms with Gasteiger partial charge in [0, 0.05) is 25.7 Å². The Morgan fingerprint density at radius 2 is 1.69 bits per heavy atom. The van der Waals surface area contributed by atoms with Gasteiger partial charge in [0.2, 0.25) is 5.91 Å². The standard InChI is InChI=1S/C22H30N4O3/c1-4-5-21(27)26-18-8-6-17(7-9-18)16-25-22(23-2)24-14-15-29-20-12-10-19(28-3)11-13-20/h6-13H,4-5,14-16H2,1-3H3,(H,26,27)(H2,23,24,25). The molecule has 2 aromatic carbocycles. The number of carbonyl (C=O) groups is 1. The Kier molecular flexibility index (Phi) is 9.35. The normalized spacial score (nSPS) is 10.9. The van der Waals surface area contributed by atoms with E-state index in [2.05, 4.69) is 20.9 Å². The number of carbonyl (C=O) groups excluding carboxylic acids is 1. The number of guanidine groups is 1. The minimum atomic E-state index is 0.0415. The van der Waals surface area contributed by atoms with Crippen LogP contribution in [0, 0.1) is 0 Å². The minimum Gasteiger partial charge on any atom is -0.497 e. The van der Waals surface area contributed by atoms with E-state index in [-0.39, 0.29) is 5.91 Å². The van der Waals surface area contributed by atoms with Crippen molar-refractivity contribution < 1.29 is 14.3 Å². The van der Waals surface area contributed by atoms with Crippen LogP contribution in [0.15, 0.2) is 53.5 Å². The van der Waals surface area contributed by atoms with Crippen molar-refractivity contribution >= 4 is 17.6 Å². The molecule has 0 aromatic heterocycles. The monoisotopic (exact) mass is 398 g/mol. The summed E-state index contributed by atoms with van der Waals surface area (Å²) < 4.78 is 10.8. The SMILES string of the molecule is CCCC(=O)Nc1ccc(CNC(=NC)NCCOc2ccc(OC)cc2)cc1. The van der Waals surface area contributed by atoms with Crippen LogP contribution < -0.4 is 25.4 Å². The number of nitrogens with one attached hydrogen (secondary N) is 3. The second-order valence-electron chi connectivity index (χ2n) is 6.37. The Labute approximate surface area is 172 Å². The average molecular weight is 399 g/mol. The lowest BCUT2D eigenvalue weighted by Crippen LogP contribution is -2.38. The predicted octanol–water partition coefficient (Wildman–Crippen LogP) is 3.18. The van der Waals surface area contributed by atoms with Crippen LogP contribution in [0.1, 0.15) is 25.3 Å². The van der Waals surface area contributed by atoms with Gasteiger partial charge in [0.15, 0.2) is 5.96 Å². The van der Waals surface area contributed by atoms with Crippen LogP contribution >= 0.6 is 0 Å². The summed E-state index contributed by atoms with van der Waals surface area (Å²) in [5.41, 5.74) is 1.90. The molecule has 2 aromatic rings. The summed E-state index contributed by atoms with van der Waals surface area (Å²) >= 11 is 0. The number of methoxy groups -OCH3 is 1. The first kappa shape index (κ1) is 22.1. The van der Waals surface area contributed by atoms with Gasteiger partial charge in [-0.1, -0.05) is 19.1 Å². The molecule has 0 bridgehead atoms. The number of amides is 1. The van der Waals surface area contributed by atoms with Crippen molar-refractivity contribution in [3.8, 4) is 11.5 Å². The maximum absolute atomic E-state index is 11.6. The number of ether oxygens (including phenoxy) is 2. The van der Waals surface area contributed by atoms with E-state index in [0.29, 0.717) is 32.1 Å². The quantitative estimate of drug-likeness (QED) is 0.325. The third-order valence-corrected chi connectivity index (χ3v) is 4.12. The summed E-state index contributed by atoms with van der Waals surface area (Å²) in [5, 5.41) is 9.36. The van der Waals surface area contributed by atoms with Crippen LogP contribution in [0.4, 0.5) is 5.69 Å². The number of benzene rings is 2. The topological polar surface area (TPSA) is 84.0 Å². The zero-order valence-electron chi connectivity index (χ0n) is 17.3. The molecular weight excluding hydrogens is 368 g/mol. The number of rotatable bonds is 10. The molecule has 7 nitrogen and oxygen atoms in total. The molecule has 0 heterocycles. The van der Waals surface area contributed by atoms with Gasteiger partial charge in [0.25, 0.3) is 0 Å². The molecule has 0 atom stereocenters. The van der Waals surface area contributed by atoms with E-state index in [1.807, 2.05) is 55.5 Å². The fourth-order valence-corrected chi connectivity index (χ4v) is 2.57. The number of nitrogens with zero attached hydrogens (tertiary/aromatic N) is 1. The largest absolute Gasteiger partial charge is 0.497 e. The Hall–Kier alpha value is -3.22. The molecule has 0 aliphatic carbocycles. The summed E-state index contributed by atoms with van der Waals surface area (Å²) in [5.74, 6) is 2.33. The first-order valence-corrected chi connectivity index (χ1v) is 9.74. The lowest BCUT2D eigenvalue weighted by Gasteiger charge is -2.13. The first-order valence-electron chi connectivity index (χ1n) is 9.74. The van der Waals surface area contributed by atoms with Crippen molar-refractivity contribution in [1.29, 1.82) is 0 Å². The minimum absolute atomic E-state index is 0.0415. The highest BCUT2D eigenvalue weighted by molar-refractivity contribution is 5.90. The lowest BCUT2D eigenvalue weighted by atomic mass is 10.2. The van der Waals surface area contributed by atoms with E-state index in [0.717, 1.165) is 29.2 Å². The molecule has 0 unspecified atom stereocenters. The summed E-state index contributed by atoms with van der Waals surface area (Å²) in [6.45, 7) is 3.75. The van der Waals surface area contributed by atoms with Gasteiger partial charge in [-0.25, -0.2) is 0 Å². The third-order valence-electron chi connectivity index (χ3n) is 4.12. The average Bonchev–Trinajstić information content (AvgIpc) is 2.75. The molecule has 3 N–H and O–H groups in total. The predicted molar refractivity (Wildman–Crippen MR) is 117 cm³/mol. The van der Waals surface area contributed by atoms with Gasteiger partial charge >= 0.3 is 0 Å². The van der Waals surface area contributed by atoms with Gasteiger partial charge in [0.05, 0.1) is 13.7 Å². The van der Waals surface area contributed by atoms with E-state index >= 15 is 0 Å². The van der Waals surface area contributed by atoms with Gasteiger partial charge in [-0.05, 0) is 48.4 Å². The maximum atomic E-state index is 11.6. The van der Waals surface area contributed by atoms with Crippen molar-refractivity contribution in [3.05, 3.63) is 54.1 Å². The summed E-state index contributed by atoms with van der Waals surface area (Å²) in [7, 11) is 3.37. The molecule has 0 saturated heterocycles. The van der Waals surface area contributed by atoms with Crippen LogP contribution in [-0.2, 0) is 11.3 Å². The molecule has 0 aliphatic rings. The van der Waals surface area contributed by atoms with E-state index in [9.17, 15) is 4.79 Å². The molecule has 7 heteroatoms. The van der Waals surface area contributed by atoms with E-state index in [1.54, 1.807) is 14.2 Å². The Bertz CT molecular complexity index is 774. The highest BCUT2D eigenvalue weighted by Crippen LogP contribution is 2.16. The molecule has 1 amide bonds. The van der Waals surface area contributed by atoms with E-state index < -0.39 is 0 Å². The third kappa shape index (κ3) is 8.13. The number of hydrogen-bond acceptors (Lipinski definition) is 4. The smallest absolute Gasteiger partial charge is 0.224 e. The van der Waals surface area contributed by atoms with Gasteiger partial charge in [-0.15, -0.1) is 0 Å². The van der Waals surface area contributed by atoms with Crippen molar-refractivity contribution in [1.82, 2.24) is 10.6 Å². The zero-order chi connectivity index (χ0) is 20.9. The van der Waals surface area contributed by atoms with Crippen molar-refractivity contribution in [2.75, 3.05) is 32.6 Å². The van der Waals surface area contributed by atoms with Gasteiger partial charge in [-0.3, -0.25) is 9.79 Å². The van der Waals surface area contributed by atoms with Crippen LogP contribution in [0.3, 0.4) is 0 Å². The zero-order valence-corrected chi connectivity index (χ0v) is 17.3. The second-order valence-corrected chi connectivity index (χ2v) is 6.37. The fourth-order valence-electron chi connectivity index (χ4n) is 2.57. The van der Waals surface area contributed by atoms with Crippen LogP contribution in [0.25, 0.3) is 0 Å². The van der Waals surface area contributed by atoms with E-state index in [4.69, 9.17) is 9.47 Å². The van der Waals surface area contributed by atoms with Gasteiger partial charge < -0.3 is 25.4 Å². The van der Waals surface area contributed by atoms with Crippen molar-refractivity contribution in [2.45, 2.75) is 26.3 Å². The summed E-state index contributed by atoms with van der Waals surface area (Å²) in [6, 6.07) is 15.3. The maximum Gasteiger partial charge on any atom is 0.224 e. The van der Waals surface area contributed by atoms with Crippen molar-refractivity contribution in [3.63, 3.8) is 0 Å². The molecule has 0 spiro atoms. The highest BCUT2D eigenvalue weighted by atomic mass is 16.5. The molecule has 0 fully saturated rings. The number of aliphatic imine (C=N–C) groups is 1. The molecule has 29 heavy (non-hydrogen) atoms. The summed E-state index contributed by atoms with van der Waals surface area (Å²) in [6.07, 6.45) is 1.37.